The number of anilines is 1. The summed E-state index contributed by atoms with van der Waals surface area (Å²) in [5, 5.41) is 10.8. The first-order valence-corrected chi connectivity index (χ1v) is 8.96. The normalized spacial score (nSPS) is 20.4. The van der Waals surface area contributed by atoms with Gasteiger partial charge in [0.05, 0.1) is 5.01 Å². The maximum absolute atomic E-state index is 12.6. The lowest BCUT2D eigenvalue weighted by atomic mass is 10.1. The van der Waals surface area contributed by atoms with Crippen LogP contribution in [-0.4, -0.2) is 50.2 Å². The van der Waals surface area contributed by atoms with Gasteiger partial charge in [-0.1, -0.05) is 0 Å². The van der Waals surface area contributed by atoms with Gasteiger partial charge in [0, 0.05) is 43.7 Å². The zero-order chi connectivity index (χ0) is 15.8. The number of nitrogens with zero attached hydrogens (tertiary/aromatic N) is 5. The molecule has 23 heavy (non-hydrogen) atoms. The Labute approximate surface area is 138 Å². The summed E-state index contributed by atoms with van der Waals surface area (Å²) in [6, 6.07) is 0. The topological polar surface area (TPSA) is 75.9 Å². The van der Waals surface area contributed by atoms with Crippen molar-refractivity contribution in [2.24, 2.45) is 5.92 Å². The number of fused-ring (bicyclic) bond motifs is 1. The number of hydrogen-bond acceptors (Lipinski definition) is 6. The van der Waals surface area contributed by atoms with Gasteiger partial charge in [-0.2, -0.15) is 4.98 Å². The Hall–Kier alpha value is -1.96. The van der Waals surface area contributed by atoms with Crippen molar-refractivity contribution in [3.8, 4) is 0 Å². The van der Waals surface area contributed by atoms with Crippen LogP contribution < -0.4 is 5.32 Å². The Morgan fingerprint density at radius 1 is 1.43 bits per heavy atom. The molecule has 1 atom stereocenters. The molecule has 1 unspecified atom stereocenters. The number of likely N-dealkylation sites (tertiary alicyclic amines) is 1. The Bertz CT molecular complexity index is 700. The van der Waals surface area contributed by atoms with Crippen molar-refractivity contribution < 1.29 is 4.79 Å². The first kappa shape index (κ1) is 14.6. The molecule has 1 fully saturated rings. The van der Waals surface area contributed by atoms with Crippen LogP contribution in [-0.2, 0) is 13.0 Å². The molecule has 122 valence electrons. The third-order valence-corrected chi connectivity index (χ3v) is 5.38. The van der Waals surface area contributed by atoms with Crippen LogP contribution in [0, 0.1) is 12.8 Å². The molecule has 7 nitrogen and oxygen atoms in total. The predicted molar refractivity (Wildman–Crippen MR) is 87.7 cm³/mol. The largest absolute Gasteiger partial charge is 0.354 e. The summed E-state index contributed by atoms with van der Waals surface area (Å²) in [5.74, 6) is 1.47. The molecule has 8 heteroatoms. The molecule has 2 aromatic heterocycles. The summed E-state index contributed by atoms with van der Waals surface area (Å²) >= 11 is 1.71. The van der Waals surface area contributed by atoms with Crippen LogP contribution in [0.3, 0.4) is 0 Å². The van der Waals surface area contributed by atoms with Gasteiger partial charge in [-0.25, -0.2) is 9.67 Å². The van der Waals surface area contributed by atoms with Crippen LogP contribution in [0.5, 0.6) is 0 Å². The lowest BCUT2D eigenvalue weighted by Gasteiger charge is -2.14. The summed E-state index contributed by atoms with van der Waals surface area (Å²) < 4.78 is 1.79. The van der Waals surface area contributed by atoms with Crippen molar-refractivity contribution >= 4 is 23.2 Å². The van der Waals surface area contributed by atoms with Crippen LogP contribution in [0.15, 0.2) is 5.38 Å². The maximum atomic E-state index is 12.6. The highest BCUT2D eigenvalue weighted by Crippen LogP contribution is 2.24. The van der Waals surface area contributed by atoms with Crippen molar-refractivity contribution in [2.45, 2.75) is 32.7 Å². The third kappa shape index (κ3) is 2.95. The lowest BCUT2D eigenvalue weighted by Crippen LogP contribution is -2.30. The quantitative estimate of drug-likeness (QED) is 0.923. The Kier molecular flexibility index (Phi) is 3.76. The highest BCUT2D eigenvalue weighted by Gasteiger charge is 2.30. The minimum atomic E-state index is -0.0495. The summed E-state index contributed by atoms with van der Waals surface area (Å²) in [5.41, 5.74) is 1.08. The number of nitrogens with one attached hydrogen (secondary N) is 1. The van der Waals surface area contributed by atoms with Gasteiger partial charge in [-0.15, -0.1) is 16.4 Å². The van der Waals surface area contributed by atoms with E-state index in [2.05, 4.69) is 25.8 Å². The minimum Gasteiger partial charge on any atom is -0.354 e. The molecule has 4 rings (SSSR count). The van der Waals surface area contributed by atoms with E-state index in [0.29, 0.717) is 17.7 Å². The first-order chi connectivity index (χ1) is 11.2. The molecular formula is C15H20N6OS. The first-order valence-electron chi connectivity index (χ1n) is 8.08. The van der Waals surface area contributed by atoms with Crippen molar-refractivity contribution in [2.75, 3.05) is 25.0 Å². The van der Waals surface area contributed by atoms with Crippen LogP contribution in [0.4, 0.5) is 5.95 Å². The summed E-state index contributed by atoms with van der Waals surface area (Å²) in [4.78, 5) is 23.4. The maximum Gasteiger partial charge on any atom is 0.293 e. The van der Waals surface area contributed by atoms with Gasteiger partial charge in [-0.05, 0) is 25.7 Å². The molecule has 0 bridgehead atoms. The Morgan fingerprint density at radius 2 is 2.35 bits per heavy atom. The van der Waals surface area contributed by atoms with Gasteiger partial charge in [-0.3, -0.25) is 4.79 Å². The van der Waals surface area contributed by atoms with Gasteiger partial charge in [0.15, 0.2) is 0 Å². The van der Waals surface area contributed by atoms with E-state index in [4.69, 9.17) is 0 Å². The fourth-order valence-electron chi connectivity index (χ4n) is 3.22. The van der Waals surface area contributed by atoms with Gasteiger partial charge >= 0.3 is 0 Å². The number of aryl methyl sites for hydroxylation is 2. The molecule has 0 aliphatic carbocycles. The van der Waals surface area contributed by atoms with E-state index in [9.17, 15) is 4.79 Å². The van der Waals surface area contributed by atoms with Gasteiger partial charge < -0.3 is 10.2 Å². The number of amides is 1. The highest BCUT2D eigenvalue weighted by atomic mass is 32.1. The van der Waals surface area contributed by atoms with Crippen LogP contribution in [0.1, 0.15) is 34.2 Å². The molecule has 4 heterocycles. The van der Waals surface area contributed by atoms with Gasteiger partial charge in [0.2, 0.25) is 11.8 Å². The fraction of sp³-hybridized carbons (Fsp3) is 0.600. The zero-order valence-electron chi connectivity index (χ0n) is 13.2. The Morgan fingerprint density at radius 3 is 3.13 bits per heavy atom. The minimum absolute atomic E-state index is 0.0495. The van der Waals surface area contributed by atoms with Gasteiger partial charge in [0.1, 0.15) is 0 Å². The molecule has 2 aliphatic heterocycles. The molecule has 2 aliphatic rings. The van der Waals surface area contributed by atoms with Crippen molar-refractivity contribution in [1.29, 1.82) is 0 Å². The van der Waals surface area contributed by atoms with Crippen molar-refractivity contribution in [3.05, 3.63) is 21.9 Å². The molecule has 0 radical (unpaired) electrons. The monoisotopic (exact) mass is 332 g/mol. The van der Waals surface area contributed by atoms with Crippen LogP contribution >= 0.6 is 11.3 Å². The summed E-state index contributed by atoms with van der Waals surface area (Å²) in [7, 11) is 0. The average Bonchev–Trinajstić information content (AvgIpc) is 3.26. The Balaban J connectivity index is 1.40. The van der Waals surface area contributed by atoms with E-state index in [-0.39, 0.29) is 5.91 Å². The molecule has 1 N–H and O–H groups in total. The second-order valence-corrected chi connectivity index (χ2v) is 7.20. The van der Waals surface area contributed by atoms with E-state index in [0.717, 1.165) is 51.1 Å². The number of hydrogen-bond donors (Lipinski definition) is 1. The molecule has 1 amide bonds. The SMILES string of the molecule is Cc1csc(CC2CCN(C(=O)c3nc4n(n3)CCCN4)C2)n1. The molecule has 0 saturated carbocycles. The van der Waals surface area contributed by atoms with E-state index in [1.807, 2.05) is 11.8 Å². The zero-order valence-corrected chi connectivity index (χ0v) is 14.0. The number of rotatable bonds is 3. The fourth-order valence-corrected chi connectivity index (χ4v) is 4.10. The smallest absolute Gasteiger partial charge is 0.293 e. The van der Waals surface area contributed by atoms with Crippen LogP contribution in [0.25, 0.3) is 0 Å². The summed E-state index contributed by atoms with van der Waals surface area (Å²) in [6.45, 7) is 5.30. The van der Waals surface area contributed by atoms with Crippen molar-refractivity contribution in [3.63, 3.8) is 0 Å². The van der Waals surface area contributed by atoms with E-state index >= 15 is 0 Å². The molecular weight excluding hydrogens is 312 g/mol. The van der Waals surface area contributed by atoms with Crippen LogP contribution in [0.2, 0.25) is 0 Å². The number of carbonyl (C=O) groups is 1. The molecule has 1 saturated heterocycles. The third-order valence-electron chi connectivity index (χ3n) is 4.40. The van der Waals surface area contributed by atoms with E-state index in [1.54, 1.807) is 16.0 Å². The molecule has 0 aromatic carbocycles. The van der Waals surface area contributed by atoms with Gasteiger partial charge in [0.25, 0.3) is 5.91 Å². The molecule has 2 aromatic rings. The second-order valence-electron chi connectivity index (χ2n) is 6.26. The summed E-state index contributed by atoms with van der Waals surface area (Å²) in [6.07, 6.45) is 3.00. The lowest BCUT2D eigenvalue weighted by molar-refractivity contribution is 0.0774. The van der Waals surface area contributed by atoms with E-state index in [1.165, 1.54) is 5.01 Å². The average molecular weight is 332 g/mol. The second kappa shape index (κ2) is 5.92. The van der Waals surface area contributed by atoms with Crippen molar-refractivity contribution in [1.82, 2.24) is 24.6 Å². The number of carbonyl (C=O) groups excluding carboxylic acids is 1. The number of aromatic nitrogens is 4. The highest BCUT2D eigenvalue weighted by molar-refractivity contribution is 7.09. The van der Waals surface area contributed by atoms with E-state index < -0.39 is 0 Å². The number of thiazole rings is 1. The standard InChI is InChI=1S/C15H20N6OS/c1-10-9-23-12(17-10)7-11-3-6-20(8-11)14(22)13-18-15-16-4-2-5-21(15)19-13/h9,11H,2-8H2,1H3,(H,16,18,19). The predicted octanol–water partition coefficient (Wildman–Crippen LogP) is 1.56. The molecule has 0 spiro atoms.